The summed E-state index contributed by atoms with van der Waals surface area (Å²) in [5.41, 5.74) is 1.38. The maximum absolute atomic E-state index is 12.2. The van der Waals surface area contributed by atoms with Gasteiger partial charge in [-0.3, -0.25) is 4.99 Å². The summed E-state index contributed by atoms with van der Waals surface area (Å²) in [4.78, 5) is 4.59. The van der Waals surface area contributed by atoms with Crippen LogP contribution in [0.1, 0.15) is 51.0 Å². The minimum absolute atomic E-state index is 0.248. The predicted octanol–water partition coefficient (Wildman–Crippen LogP) is 2.30. The molecule has 2 fully saturated rings. The van der Waals surface area contributed by atoms with Crippen LogP contribution in [0.5, 0.6) is 0 Å². The van der Waals surface area contributed by atoms with Crippen molar-refractivity contribution in [1.82, 2.24) is 14.9 Å². The molecule has 0 amide bonds. The van der Waals surface area contributed by atoms with Gasteiger partial charge in [0, 0.05) is 37.6 Å². The Balaban J connectivity index is 1.49. The molecule has 1 heterocycles. The van der Waals surface area contributed by atoms with Crippen LogP contribution in [0.3, 0.4) is 0 Å². The van der Waals surface area contributed by atoms with E-state index in [2.05, 4.69) is 39.9 Å². The van der Waals surface area contributed by atoms with Crippen LogP contribution in [0.25, 0.3) is 0 Å². The number of hydrogen-bond acceptors (Lipinski definition) is 3. The standard InChI is InChI=1S/C20H32N4O2S/c1-3-14-27(25,26)24-12-10-17(11-13-24)22-20(21-4-2)23-19-15-18(19)16-8-6-5-7-9-16/h5-9,17-19H,3-4,10-15H2,1-2H3,(H2,21,22,23). The van der Waals surface area contributed by atoms with E-state index in [-0.39, 0.29) is 11.8 Å². The summed E-state index contributed by atoms with van der Waals surface area (Å²) in [6.07, 6.45) is 3.43. The highest BCUT2D eigenvalue weighted by Gasteiger charge is 2.39. The molecule has 1 aliphatic carbocycles. The lowest BCUT2D eigenvalue weighted by Gasteiger charge is -2.32. The van der Waals surface area contributed by atoms with E-state index in [0.29, 0.717) is 31.5 Å². The molecule has 2 atom stereocenters. The van der Waals surface area contributed by atoms with Crippen LogP contribution in [-0.4, -0.2) is 56.2 Å². The first-order valence-electron chi connectivity index (χ1n) is 10.1. The highest BCUT2D eigenvalue weighted by molar-refractivity contribution is 7.89. The Kier molecular flexibility index (Phi) is 6.76. The number of aliphatic imine (C=N–C) groups is 1. The Morgan fingerprint density at radius 3 is 2.48 bits per heavy atom. The first-order chi connectivity index (χ1) is 13.0. The molecule has 27 heavy (non-hydrogen) atoms. The number of nitrogens with one attached hydrogen (secondary N) is 2. The summed E-state index contributed by atoms with van der Waals surface area (Å²) >= 11 is 0. The summed E-state index contributed by atoms with van der Waals surface area (Å²) in [5, 5.41) is 7.08. The minimum atomic E-state index is -3.08. The molecular formula is C20H32N4O2S. The first-order valence-corrected chi connectivity index (χ1v) is 11.7. The van der Waals surface area contributed by atoms with Crippen LogP contribution in [0.4, 0.5) is 0 Å². The summed E-state index contributed by atoms with van der Waals surface area (Å²) in [6, 6.07) is 11.3. The van der Waals surface area contributed by atoms with Gasteiger partial charge in [-0.15, -0.1) is 0 Å². The molecular weight excluding hydrogens is 360 g/mol. The van der Waals surface area contributed by atoms with Crippen molar-refractivity contribution in [2.45, 2.75) is 57.5 Å². The van der Waals surface area contributed by atoms with Crippen molar-refractivity contribution in [3.05, 3.63) is 35.9 Å². The van der Waals surface area contributed by atoms with Gasteiger partial charge in [-0.1, -0.05) is 37.3 Å². The third-order valence-corrected chi connectivity index (χ3v) is 7.38. The molecule has 1 aliphatic heterocycles. The van der Waals surface area contributed by atoms with E-state index < -0.39 is 10.0 Å². The van der Waals surface area contributed by atoms with Crippen molar-refractivity contribution in [2.24, 2.45) is 4.99 Å². The lowest BCUT2D eigenvalue weighted by molar-refractivity contribution is 0.306. The van der Waals surface area contributed by atoms with Crippen molar-refractivity contribution < 1.29 is 8.42 Å². The molecule has 1 aromatic carbocycles. The SMILES string of the molecule is CCCS(=O)(=O)N1CCC(NC(=NCC)NC2CC2c2ccccc2)CC1. The molecule has 7 heteroatoms. The largest absolute Gasteiger partial charge is 0.354 e. The smallest absolute Gasteiger partial charge is 0.214 e. The highest BCUT2D eigenvalue weighted by atomic mass is 32.2. The van der Waals surface area contributed by atoms with Crippen molar-refractivity contribution in [2.75, 3.05) is 25.4 Å². The quantitative estimate of drug-likeness (QED) is 0.552. The second kappa shape index (κ2) is 9.06. The normalized spacial score (nSPS) is 24.6. The van der Waals surface area contributed by atoms with Gasteiger partial charge >= 0.3 is 0 Å². The Morgan fingerprint density at radius 2 is 1.85 bits per heavy atom. The fourth-order valence-corrected chi connectivity index (χ4v) is 5.29. The zero-order valence-electron chi connectivity index (χ0n) is 16.4. The fourth-order valence-electron chi connectivity index (χ4n) is 3.75. The third-order valence-electron chi connectivity index (χ3n) is 5.31. The molecule has 2 unspecified atom stereocenters. The van der Waals surface area contributed by atoms with Gasteiger partial charge in [-0.2, -0.15) is 0 Å². The topological polar surface area (TPSA) is 73.8 Å². The monoisotopic (exact) mass is 392 g/mol. The van der Waals surface area contributed by atoms with E-state index in [0.717, 1.165) is 31.8 Å². The van der Waals surface area contributed by atoms with Crippen LogP contribution in [0.15, 0.2) is 35.3 Å². The highest BCUT2D eigenvalue weighted by Crippen LogP contribution is 2.40. The van der Waals surface area contributed by atoms with Gasteiger partial charge in [-0.25, -0.2) is 12.7 Å². The molecule has 6 nitrogen and oxygen atoms in total. The van der Waals surface area contributed by atoms with Crippen LogP contribution < -0.4 is 10.6 Å². The average Bonchev–Trinajstić information content (AvgIpc) is 3.42. The van der Waals surface area contributed by atoms with E-state index in [9.17, 15) is 8.42 Å². The number of benzene rings is 1. The summed E-state index contributed by atoms with van der Waals surface area (Å²) in [5.74, 6) is 1.66. The van der Waals surface area contributed by atoms with Gasteiger partial charge in [0.25, 0.3) is 0 Å². The maximum atomic E-state index is 12.2. The van der Waals surface area contributed by atoms with Crippen molar-refractivity contribution in [3.8, 4) is 0 Å². The van der Waals surface area contributed by atoms with Crippen molar-refractivity contribution >= 4 is 16.0 Å². The molecule has 0 radical (unpaired) electrons. The van der Waals surface area contributed by atoms with Crippen LogP contribution in [-0.2, 0) is 10.0 Å². The van der Waals surface area contributed by atoms with Crippen molar-refractivity contribution in [1.29, 1.82) is 0 Å². The number of piperidine rings is 1. The summed E-state index contributed by atoms with van der Waals surface area (Å²) < 4.78 is 26.1. The Morgan fingerprint density at radius 1 is 1.15 bits per heavy atom. The van der Waals surface area contributed by atoms with Gasteiger partial charge in [0.05, 0.1) is 5.75 Å². The first kappa shape index (κ1) is 20.1. The molecule has 0 spiro atoms. The molecule has 1 saturated carbocycles. The number of rotatable bonds is 7. The summed E-state index contributed by atoms with van der Waals surface area (Å²) in [7, 11) is -3.08. The molecule has 3 rings (SSSR count). The average molecular weight is 393 g/mol. The molecule has 150 valence electrons. The van der Waals surface area contributed by atoms with Gasteiger partial charge < -0.3 is 10.6 Å². The number of sulfonamides is 1. The Labute approximate surface area is 163 Å². The molecule has 1 aromatic rings. The van der Waals surface area contributed by atoms with Gasteiger partial charge in [0.15, 0.2) is 5.96 Å². The lowest BCUT2D eigenvalue weighted by atomic mass is 10.1. The van der Waals surface area contributed by atoms with E-state index in [1.807, 2.05) is 19.9 Å². The zero-order valence-corrected chi connectivity index (χ0v) is 17.2. The van der Waals surface area contributed by atoms with Gasteiger partial charge in [0.1, 0.15) is 0 Å². The molecule has 0 bridgehead atoms. The Hall–Kier alpha value is -1.60. The predicted molar refractivity (Wildman–Crippen MR) is 111 cm³/mol. The van der Waals surface area contributed by atoms with Crippen molar-refractivity contribution in [3.63, 3.8) is 0 Å². The molecule has 2 N–H and O–H groups in total. The number of nitrogens with zero attached hydrogens (tertiary/aromatic N) is 2. The zero-order chi connectivity index (χ0) is 19.3. The molecule has 2 aliphatic rings. The molecule has 0 aromatic heterocycles. The van der Waals surface area contributed by atoms with Gasteiger partial charge in [-0.05, 0) is 38.2 Å². The van der Waals surface area contributed by atoms with Crippen LogP contribution in [0, 0.1) is 0 Å². The van der Waals surface area contributed by atoms with E-state index in [1.54, 1.807) is 4.31 Å². The fraction of sp³-hybridized carbons (Fsp3) is 0.650. The number of guanidine groups is 1. The third kappa shape index (κ3) is 5.45. The minimum Gasteiger partial charge on any atom is -0.354 e. The summed E-state index contributed by atoms with van der Waals surface area (Å²) in [6.45, 7) is 5.85. The van der Waals surface area contributed by atoms with Crippen LogP contribution >= 0.6 is 0 Å². The second-order valence-corrected chi connectivity index (χ2v) is 9.55. The maximum Gasteiger partial charge on any atom is 0.214 e. The van der Waals surface area contributed by atoms with E-state index >= 15 is 0 Å². The number of hydrogen-bond donors (Lipinski definition) is 2. The second-order valence-electron chi connectivity index (χ2n) is 7.46. The van der Waals surface area contributed by atoms with E-state index in [4.69, 9.17) is 0 Å². The van der Waals surface area contributed by atoms with Gasteiger partial charge in [0.2, 0.25) is 10.0 Å². The Bertz CT molecular complexity index is 728. The van der Waals surface area contributed by atoms with Crippen LogP contribution in [0.2, 0.25) is 0 Å². The lowest BCUT2D eigenvalue weighted by Crippen LogP contribution is -2.50. The van der Waals surface area contributed by atoms with E-state index in [1.165, 1.54) is 5.56 Å². The molecule has 1 saturated heterocycles.